The highest BCUT2D eigenvalue weighted by atomic mass is 35.5. The molecule has 0 aliphatic heterocycles. The van der Waals surface area contributed by atoms with Crippen LogP contribution in [0.2, 0.25) is 5.02 Å². The van der Waals surface area contributed by atoms with E-state index >= 15 is 0 Å². The molecule has 0 fully saturated rings. The minimum Gasteiger partial charge on any atom is -0.437 e. The number of halogens is 1. The molecule has 0 amide bonds. The SMILES string of the molecule is COCc1cccc(Oc2ncnc(N)c2Cl)c1. The Hall–Kier alpha value is -1.85. The molecule has 0 atom stereocenters. The third-order valence-corrected chi connectivity index (χ3v) is 2.56. The number of nitrogens with two attached hydrogens (primary N) is 1. The summed E-state index contributed by atoms with van der Waals surface area (Å²) in [5.74, 6) is 1.04. The Kier molecular flexibility index (Phi) is 3.96. The summed E-state index contributed by atoms with van der Waals surface area (Å²) < 4.78 is 10.6. The lowest BCUT2D eigenvalue weighted by atomic mass is 10.2. The molecule has 1 heterocycles. The zero-order valence-corrected chi connectivity index (χ0v) is 10.5. The van der Waals surface area contributed by atoms with Gasteiger partial charge in [-0.1, -0.05) is 23.7 Å². The van der Waals surface area contributed by atoms with E-state index in [0.717, 1.165) is 5.56 Å². The molecule has 0 spiro atoms. The van der Waals surface area contributed by atoms with E-state index in [9.17, 15) is 0 Å². The highest BCUT2D eigenvalue weighted by Gasteiger charge is 2.09. The van der Waals surface area contributed by atoms with E-state index in [-0.39, 0.29) is 16.7 Å². The van der Waals surface area contributed by atoms with Crippen LogP contribution in [0.15, 0.2) is 30.6 Å². The van der Waals surface area contributed by atoms with Gasteiger partial charge in [0.2, 0.25) is 5.88 Å². The molecule has 94 valence electrons. The van der Waals surface area contributed by atoms with Crippen molar-refractivity contribution in [3.63, 3.8) is 0 Å². The van der Waals surface area contributed by atoms with Crippen molar-refractivity contribution in [1.29, 1.82) is 0 Å². The zero-order chi connectivity index (χ0) is 13.0. The molecule has 0 radical (unpaired) electrons. The Morgan fingerprint density at radius 2 is 2.17 bits per heavy atom. The van der Waals surface area contributed by atoms with Gasteiger partial charge in [0.05, 0.1) is 6.61 Å². The van der Waals surface area contributed by atoms with Gasteiger partial charge in [0, 0.05) is 7.11 Å². The molecule has 1 aromatic heterocycles. The van der Waals surface area contributed by atoms with Crippen molar-refractivity contribution in [2.75, 3.05) is 12.8 Å². The molecule has 1 aromatic carbocycles. The van der Waals surface area contributed by atoms with Crippen molar-refractivity contribution in [3.8, 4) is 11.6 Å². The average molecular weight is 266 g/mol. The maximum atomic E-state index is 5.94. The van der Waals surface area contributed by atoms with E-state index in [4.69, 9.17) is 26.8 Å². The molecule has 0 aliphatic carbocycles. The molecule has 5 nitrogen and oxygen atoms in total. The molecular weight excluding hydrogens is 254 g/mol. The highest BCUT2D eigenvalue weighted by molar-refractivity contribution is 6.34. The van der Waals surface area contributed by atoms with Crippen molar-refractivity contribution in [3.05, 3.63) is 41.2 Å². The number of anilines is 1. The van der Waals surface area contributed by atoms with E-state index < -0.39 is 0 Å². The van der Waals surface area contributed by atoms with Gasteiger partial charge < -0.3 is 15.2 Å². The van der Waals surface area contributed by atoms with Gasteiger partial charge >= 0.3 is 0 Å². The van der Waals surface area contributed by atoms with Crippen molar-refractivity contribution in [1.82, 2.24) is 9.97 Å². The minimum absolute atomic E-state index is 0.190. The van der Waals surface area contributed by atoms with Crippen LogP contribution < -0.4 is 10.5 Å². The Labute approximate surface area is 110 Å². The predicted octanol–water partition coefficient (Wildman–Crippen LogP) is 2.65. The van der Waals surface area contributed by atoms with Gasteiger partial charge in [-0.15, -0.1) is 0 Å². The van der Waals surface area contributed by atoms with Crippen LogP contribution in [0.25, 0.3) is 0 Å². The molecule has 6 heteroatoms. The normalized spacial score (nSPS) is 10.3. The van der Waals surface area contributed by atoms with Crippen LogP contribution in [-0.2, 0) is 11.3 Å². The maximum absolute atomic E-state index is 5.94. The van der Waals surface area contributed by atoms with Gasteiger partial charge in [-0.2, -0.15) is 4.98 Å². The second kappa shape index (κ2) is 5.66. The van der Waals surface area contributed by atoms with Crippen LogP contribution in [-0.4, -0.2) is 17.1 Å². The lowest BCUT2D eigenvalue weighted by Gasteiger charge is -2.08. The van der Waals surface area contributed by atoms with Crippen LogP contribution in [0.3, 0.4) is 0 Å². The van der Waals surface area contributed by atoms with Crippen LogP contribution in [0.1, 0.15) is 5.56 Å². The third kappa shape index (κ3) is 2.88. The summed E-state index contributed by atoms with van der Waals surface area (Å²) in [4.78, 5) is 7.70. The number of nitrogen functional groups attached to an aromatic ring is 1. The Bertz CT molecular complexity index is 549. The largest absolute Gasteiger partial charge is 0.437 e. The molecule has 2 rings (SSSR count). The maximum Gasteiger partial charge on any atom is 0.243 e. The van der Waals surface area contributed by atoms with Crippen molar-refractivity contribution in [2.24, 2.45) is 0 Å². The van der Waals surface area contributed by atoms with Crippen molar-refractivity contribution >= 4 is 17.4 Å². The average Bonchev–Trinajstić information content (AvgIpc) is 2.36. The number of hydrogen-bond donors (Lipinski definition) is 1. The standard InChI is InChI=1S/C12H12ClN3O2/c1-17-6-8-3-2-4-9(5-8)18-12-10(13)11(14)15-7-16-12/h2-5,7H,6H2,1H3,(H2,14,15,16). The van der Waals surface area contributed by atoms with Crippen LogP contribution in [0.4, 0.5) is 5.82 Å². The number of nitrogens with zero attached hydrogens (tertiary/aromatic N) is 2. The van der Waals surface area contributed by atoms with Crippen molar-refractivity contribution in [2.45, 2.75) is 6.61 Å². The van der Waals surface area contributed by atoms with Crippen molar-refractivity contribution < 1.29 is 9.47 Å². The summed E-state index contributed by atoms with van der Waals surface area (Å²) in [5.41, 5.74) is 6.56. The number of aromatic nitrogens is 2. The van der Waals surface area contributed by atoms with Gasteiger partial charge in [0.15, 0.2) is 0 Å². The minimum atomic E-state index is 0.190. The number of benzene rings is 1. The molecule has 0 aliphatic rings. The number of hydrogen-bond acceptors (Lipinski definition) is 5. The summed E-state index contributed by atoms with van der Waals surface area (Å²) >= 11 is 5.94. The fraction of sp³-hybridized carbons (Fsp3) is 0.167. The lowest BCUT2D eigenvalue weighted by molar-refractivity contribution is 0.184. The molecule has 2 N–H and O–H groups in total. The summed E-state index contributed by atoms with van der Waals surface area (Å²) in [6.45, 7) is 0.511. The fourth-order valence-electron chi connectivity index (χ4n) is 1.41. The van der Waals surface area contributed by atoms with Gasteiger partial charge in [-0.3, -0.25) is 0 Å². The second-order valence-electron chi connectivity index (χ2n) is 3.56. The monoisotopic (exact) mass is 265 g/mol. The smallest absolute Gasteiger partial charge is 0.243 e. The zero-order valence-electron chi connectivity index (χ0n) is 9.76. The summed E-state index contributed by atoms with van der Waals surface area (Å²) in [7, 11) is 1.63. The van der Waals surface area contributed by atoms with Crippen LogP contribution in [0, 0.1) is 0 Å². The topological polar surface area (TPSA) is 70.3 Å². The summed E-state index contributed by atoms with van der Waals surface area (Å²) in [6, 6.07) is 7.44. The van der Waals surface area contributed by atoms with E-state index in [1.165, 1.54) is 6.33 Å². The molecule has 0 bridgehead atoms. The Morgan fingerprint density at radius 3 is 2.94 bits per heavy atom. The van der Waals surface area contributed by atoms with E-state index in [1.807, 2.05) is 18.2 Å². The summed E-state index contributed by atoms with van der Waals surface area (Å²) in [6.07, 6.45) is 1.30. The first-order chi connectivity index (χ1) is 8.70. The predicted molar refractivity (Wildman–Crippen MR) is 68.7 cm³/mol. The van der Waals surface area contributed by atoms with E-state index in [0.29, 0.717) is 12.4 Å². The number of methoxy groups -OCH3 is 1. The van der Waals surface area contributed by atoms with E-state index in [2.05, 4.69) is 9.97 Å². The fourth-order valence-corrected chi connectivity index (χ4v) is 1.55. The van der Waals surface area contributed by atoms with Gasteiger partial charge in [0.1, 0.15) is 22.9 Å². The molecule has 0 unspecified atom stereocenters. The van der Waals surface area contributed by atoms with Gasteiger partial charge in [-0.05, 0) is 17.7 Å². The first kappa shape index (κ1) is 12.6. The molecule has 0 saturated carbocycles. The molecule has 18 heavy (non-hydrogen) atoms. The van der Waals surface area contributed by atoms with Gasteiger partial charge in [-0.25, -0.2) is 4.98 Å². The highest BCUT2D eigenvalue weighted by Crippen LogP contribution is 2.30. The molecule has 0 saturated heterocycles. The van der Waals surface area contributed by atoms with Gasteiger partial charge in [0.25, 0.3) is 0 Å². The first-order valence-corrected chi connectivity index (χ1v) is 5.60. The third-order valence-electron chi connectivity index (χ3n) is 2.21. The lowest BCUT2D eigenvalue weighted by Crippen LogP contribution is -1.97. The number of ether oxygens (including phenoxy) is 2. The van der Waals surface area contributed by atoms with E-state index in [1.54, 1.807) is 13.2 Å². The molecular formula is C12H12ClN3O2. The Morgan fingerprint density at radius 1 is 1.33 bits per heavy atom. The Balaban J connectivity index is 2.23. The first-order valence-electron chi connectivity index (χ1n) is 5.22. The van der Waals surface area contributed by atoms with Crippen LogP contribution in [0.5, 0.6) is 11.6 Å². The number of rotatable bonds is 4. The quantitative estimate of drug-likeness (QED) is 0.920. The second-order valence-corrected chi connectivity index (χ2v) is 3.94. The summed E-state index contributed by atoms with van der Waals surface area (Å²) in [5, 5.41) is 0.203. The molecule has 2 aromatic rings. The van der Waals surface area contributed by atoms with Crippen LogP contribution >= 0.6 is 11.6 Å².